The molecule has 1 amide bonds. The predicted molar refractivity (Wildman–Crippen MR) is 118 cm³/mol. The van der Waals surface area contributed by atoms with Crippen LogP contribution in [0, 0.1) is 10.1 Å². The average molecular weight is 467 g/mol. The molecule has 2 N–H and O–H groups in total. The van der Waals surface area contributed by atoms with Crippen LogP contribution in [0.5, 0.6) is 0 Å². The molecule has 1 aliphatic heterocycles. The van der Waals surface area contributed by atoms with E-state index >= 15 is 0 Å². The van der Waals surface area contributed by atoms with Crippen molar-refractivity contribution in [3.05, 3.63) is 63.2 Å². The van der Waals surface area contributed by atoms with Crippen molar-refractivity contribution in [2.24, 2.45) is 0 Å². The van der Waals surface area contributed by atoms with Crippen LogP contribution in [-0.2, 0) is 10.0 Å². The lowest BCUT2D eigenvalue weighted by atomic mass is 10.2. The number of carbonyl (C=O) groups excluding carboxylic acids is 1. The maximum absolute atomic E-state index is 12.9. The Bertz CT molecular complexity index is 1070. The fraction of sp³-hybridized carbons (Fsp3) is 0.350. The molecule has 166 valence electrons. The highest BCUT2D eigenvalue weighted by molar-refractivity contribution is 7.89. The maximum atomic E-state index is 12.9. The number of para-hydroxylation sites is 2. The lowest BCUT2D eigenvalue weighted by Crippen LogP contribution is -2.35. The van der Waals surface area contributed by atoms with E-state index in [1.54, 1.807) is 18.2 Å². The predicted octanol–water partition coefficient (Wildman–Crippen LogP) is 3.26. The van der Waals surface area contributed by atoms with Gasteiger partial charge in [-0.1, -0.05) is 30.2 Å². The molecule has 0 saturated carbocycles. The second-order valence-electron chi connectivity index (χ2n) is 7.06. The summed E-state index contributed by atoms with van der Waals surface area (Å²) in [4.78, 5) is 23.1. The second kappa shape index (κ2) is 10.1. The van der Waals surface area contributed by atoms with Gasteiger partial charge in [-0.25, -0.2) is 8.42 Å². The maximum Gasteiger partial charge on any atom is 0.292 e. The Balaban J connectivity index is 1.64. The van der Waals surface area contributed by atoms with Gasteiger partial charge >= 0.3 is 0 Å². The number of halogens is 1. The Morgan fingerprint density at radius 2 is 1.81 bits per heavy atom. The number of sulfonamides is 1. The average Bonchev–Trinajstić information content (AvgIpc) is 2.77. The minimum Gasteiger partial charge on any atom is -0.378 e. The van der Waals surface area contributed by atoms with E-state index < -0.39 is 20.9 Å². The number of rotatable bonds is 8. The number of benzene rings is 2. The minimum atomic E-state index is -3.69. The molecule has 2 aromatic carbocycles. The lowest BCUT2D eigenvalue weighted by molar-refractivity contribution is -0.384. The summed E-state index contributed by atoms with van der Waals surface area (Å²) in [5.74, 6) is -0.523. The van der Waals surface area contributed by atoms with E-state index in [9.17, 15) is 23.3 Å². The number of nitro groups is 1. The number of nitro benzene ring substituents is 1. The molecule has 0 aromatic heterocycles. The molecule has 0 bridgehead atoms. The molecule has 1 fully saturated rings. The van der Waals surface area contributed by atoms with Gasteiger partial charge in [-0.05, 0) is 37.1 Å². The third-order valence-electron chi connectivity index (χ3n) is 4.96. The zero-order chi connectivity index (χ0) is 22.4. The molecule has 31 heavy (non-hydrogen) atoms. The molecular formula is C20H23ClN4O5S. The van der Waals surface area contributed by atoms with E-state index in [0.29, 0.717) is 18.8 Å². The first-order chi connectivity index (χ1) is 14.8. The molecule has 0 radical (unpaired) electrons. The van der Waals surface area contributed by atoms with Gasteiger partial charge in [0.2, 0.25) is 10.0 Å². The first-order valence-corrected chi connectivity index (χ1v) is 11.7. The molecule has 0 atom stereocenters. The van der Waals surface area contributed by atoms with Crippen molar-refractivity contribution < 1.29 is 18.1 Å². The highest BCUT2D eigenvalue weighted by atomic mass is 35.5. The summed E-state index contributed by atoms with van der Waals surface area (Å²) in [6.07, 6.45) is 2.62. The number of carbonyl (C=O) groups is 1. The van der Waals surface area contributed by atoms with E-state index in [4.69, 9.17) is 11.6 Å². The normalized spacial score (nSPS) is 14.7. The molecule has 9 nitrogen and oxygen atoms in total. The van der Waals surface area contributed by atoms with Gasteiger partial charge in [0.1, 0.15) is 5.69 Å². The molecule has 1 heterocycles. The molecule has 0 aliphatic carbocycles. The van der Waals surface area contributed by atoms with Crippen LogP contribution in [0.4, 0.5) is 11.4 Å². The largest absolute Gasteiger partial charge is 0.378 e. The summed E-state index contributed by atoms with van der Waals surface area (Å²) in [6, 6.07) is 10.3. The highest BCUT2D eigenvalue weighted by Gasteiger charge is 2.27. The number of nitrogens with one attached hydrogen (secondary N) is 2. The van der Waals surface area contributed by atoms with E-state index in [-0.39, 0.29) is 34.3 Å². The van der Waals surface area contributed by atoms with Gasteiger partial charge in [-0.3, -0.25) is 14.9 Å². The molecule has 3 rings (SSSR count). The summed E-state index contributed by atoms with van der Waals surface area (Å²) in [7, 11) is -3.69. The van der Waals surface area contributed by atoms with Crippen LogP contribution in [0.2, 0.25) is 5.02 Å². The standard InChI is InChI=1S/C20H23ClN4O5S/c21-17-9-8-15(31(29,30)24-12-4-1-5-13-24)14-16(17)20(26)23-11-10-22-18-6-2-3-7-19(18)25(27)28/h2-3,6-9,14,22H,1,4-5,10-13H2,(H,23,26). The van der Waals surface area contributed by atoms with Crippen LogP contribution >= 0.6 is 11.6 Å². The van der Waals surface area contributed by atoms with Crippen molar-refractivity contribution in [3.8, 4) is 0 Å². The summed E-state index contributed by atoms with van der Waals surface area (Å²) >= 11 is 6.13. The first kappa shape index (κ1) is 23.0. The van der Waals surface area contributed by atoms with Crippen LogP contribution in [0.15, 0.2) is 47.4 Å². The van der Waals surface area contributed by atoms with Crippen LogP contribution in [0.3, 0.4) is 0 Å². The minimum absolute atomic E-state index is 0.0296. The van der Waals surface area contributed by atoms with Gasteiger partial charge in [0.25, 0.3) is 11.6 Å². The number of hydrogen-bond acceptors (Lipinski definition) is 6. The monoisotopic (exact) mass is 466 g/mol. The zero-order valence-electron chi connectivity index (χ0n) is 16.7. The van der Waals surface area contributed by atoms with Crippen molar-refractivity contribution >= 4 is 38.9 Å². The summed E-state index contributed by atoms with van der Waals surface area (Å²) in [5, 5.41) is 16.7. The van der Waals surface area contributed by atoms with Crippen LogP contribution in [0.25, 0.3) is 0 Å². The SMILES string of the molecule is O=C(NCCNc1ccccc1[N+](=O)[O-])c1cc(S(=O)(=O)N2CCCCC2)ccc1Cl. The fourth-order valence-electron chi connectivity index (χ4n) is 3.34. The number of hydrogen-bond donors (Lipinski definition) is 2. The van der Waals surface area contributed by atoms with Crippen molar-refractivity contribution in [2.75, 3.05) is 31.5 Å². The van der Waals surface area contributed by atoms with Crippen molar-refractivity contribution in [2.45, 2.75) is 24.2 Å². The Hall–Kier alpha value is -2.69. The Morgan fingerprint density at radius 3 is 2.52 bits per heavy atom. The van der Waals surface area contributed by atoms with Gasteiger partial charge in [-0.15, -0.1) is 0 Å². The zero-order valence-corrected chi connectivity index (χ0v) is 18.3. The van der Waals surface area contributed by atoms with Gasteiger partial charge < -0.3 is 10.6 Å². The molecule has 11 heteroatoms. The summed E-state index contributed by atoms with van der Waals surface area (Å²) in [5.41, 5.74) is 0.340. The number of piperidine rings is 1. The van der Waals surface area contributed by atoms with Crippen molar-refractivity contribution in [1.82, 2.24) is 9.62 Å². The van der Waals surface area contributed by atoms with Gasteiger partial charge in [0.15, 0.2) is 0 Å². The molecule has 0 spiro atoms. The second-order valence-corrected chi connectivity index (χ2v) is 9.41. The van der Waals surface area contributed by atoms with E-state index in [0.717, 1.165) is 19.3 Å². The molecule has 2 aromatic rings. The quantitative estimate of drug-likeness (QED) is 0.350. The molecule has 1 saturated heterocycles. The van der Waals surface area contributed by atoms with E-state index in [1.807, 2.05) is 0 Å². The Kier molecular flexibility index (Phi) is 7.47. The highest BCUT2D eigenvalue weighted by Crippen LogP contribution is 2.25. The van der Waals surface area contributed by atoms with E-state index in [2.05, 4.69) is 10.6 Å². The van der Waals surface area contributed by atoms with Crippen LogP contribution in [0.1, 0.15) is 29.6 Å². The third-order valence-corrected chi connectivity index (χ3v) is 7.19. The van der Waals surface area contributed by atoms with Crippen molar-refractivity contribution in [3.63, 3.8) is 0 Å². The molecular weight excluding hydrogens is 444 g/mol. The van der Waals surface area contributed by atoms with Crippen LogP contribution in [-0.4, -0.2) is 49.7 Å². The molecule has 0 unspecified atom stereocenters. The molecule has 1 aliphatic rings. The fourth-order valence-corrected chi connectivity index (χ4v) is 5.09. The Labute approximate surface area is 185 Å². The third kappa shape index (κ3) is 5.52. The number of anilines is 1. The smallest absolute Gasteiger partial charge is 0.292 e. The summed E-state index contributed by atoms with van der Waals surface area (Å²) in [6.45, 7) is 1.32. The number of amides is 1. The lowest BCUT2D eigenvalue weighted by Gasteiger charge is -2.26. The van der Waals surface area contributed by atoms with Gasteiger partial charge in [0.05, 0.1) is 20.4 Å². The van der Waals surface area contributed by atoms with Gasteiger partial charge in [-0.2, -0.15) is 4.31 Å². The van der Waals surface area contributed by atoms with E-state index in [1.165, 1.54) is 28.6 Å². The topological polar surface area (TPSA) is 122 Å². The van der Waals surface area contributed by atoms with Crippen molar-refractivity contribution in [1.29, 1.82) is 0 Å². The summed E-state index contributed by atoms with van der Waals surface area (Å²) < 4.78 is 27.2. The van der Waals surface area contributed by atoms with Crippen LogP contribution < -0.4 is 10.6 Å². The number of nitrogens with zero attached hydrogens (tertiary/aromatic N) is 2. The first-order valence-electron chi connectivity index (χ1n) is 9.86. The Morgan fingerprint density at radius 1 is 1.10 bits per heavy atom. The van der Waals surface area contributed by atoms with Gasteiger partial charge in [0, 0.05) is 32.2 Å².